The third kappa shape index (κ3) is 5.86. The number of rotatable bonds is 6. The van der Waals surface area contributed by atoms with Gasteiger partial charge in [-0.05, 0) is 57.6 Å². The summed E-state index contributed by atoms with van der Waals surface area (Å²) in [6.07, 6.45) is 0.312. The van der Waals surface area contributed by atoms with E-state index in [1.165, 1.54) is 0 Å². The standard InChI is InChI=1S/C21H31ClN2O3/c1-13(2)21(6,12-23-19(26)27-20(3,4)5)24-18(25)16-11-15(16)14-9-7-8-10-17(14)22/h7-10,13,15-16H,11-12H2,1-6H3,(H,23,26)(H,24,25). The van der Waals surface area contributed by atoms with E-state index in [-0.39, 0.29) is 23.7 Å². The molecule has 0 radical (unpaired) electrons. The smallest absolute Gasteiger partial charge is 0.407 e. The van der Waals surface area contributed by atoms with Crippen LogP contribution in [0.3, 0.4) is 0 Å². The first-order valence-corrected chi connectivity index (χ1v) is 9.84. The van der Waals surface area contributed by atoms with Gasteiger partial charge in [-0.15, -0.1) is 0 Å². The SMILES string of the molecule is CC(C)C(C)(CNC(=O)OC(C)(C)C)NC(=O)C1CC1c1ccccc1Cl. The molecule has 0 bridgehead atoms. The molecule has 3 unspecified atom stereocenters. The van der Waals surface area contributed by atoms with Gasteiger partial charge in [-0.25, -0.2) is 4.79 Å². The van der Waals surface area contributed by atoms with Crippen LogP contribution < -0.4 is 10.6 Å². The first-order chi connectivity index (χ1) is 12.4. The second-order valence-corrected chi connectivity index (χ2v) is 9.29. The van der Waals surface area contributed by atoms with Crippen LogP contribution in [0.4, 0.5) is 4.79 Å². The predicted octanol–water partition coefficient (Wildman–Crippen LogP) is 4.50. The summed E-state index contributed by atoms with van der Waals surface area (Å²) in [5, 5.41) is 6.63. The average Bonchev–Trinajstić information content (AvgIpc) is 3.32. The molecule has 1 saturated carbocycles. The molecule has 0 aromatic heterocycles. The molecule has 0 heterocycles. The first-order valence-electron chi connectivity index (χ1n) is 9.46. The van der Waals surface area contributed by atoms with E-state index in [0.29, 0.717) is 11.6 Å². The third-order valence-electron chi connectivity index (χ3n) is 5.11. The van der Waals surface area contributed by atoms with Gasteiger partial charge in [0.1, 0.15) is 5.60 Å². The first kappa shape index (κ1) is 21.5. The van der Waals surface area contributed by atoms with Crippen LogP contribution in [0.5, 0.6) is 0 Å². The van der Waals surface area contributed by atoms with Crippen molar-refractivity contribution in [2.45, 2.75) is 65.0 Å². The van der Waals surface area contributed by atoms with Gasteiger partial charge in [0.15, 0.2) is 0 Å². The third-order valence-corrected chi connectivity index (χ3v) is 5.46. The molecule has 1 aromatic rings. The molecule has 0 spiro atoms. The maximum absolute atomic E-state index is 12.8. The van der Waals surface area contributed by atoms with Crippen LogP contribution in [0.15, 0.2) is 24.3 Å². The lowest BCUT2D eigenvalue weighted by molar-refractivity contribution is -0.124. The van der Waals surface area contributed by atoms with Gasteiger partial charge in [0, 0.05) is 17.5 Å². The van der Waals surface area contributed by atoms with Gasteiger partial charge in [0.25, 0.3) is 0 Å². The second kappa shape index (κ2) is 8.09. The van der Waals surface area contributed by atoms with E-state index in [4.69, 9.17) is 16.3 Å². The number of nitrogens with one attached hydrogen (secondary N) is 2. The van der Waals surface area contributed by atoms with Crippen LogP contribution in [0, 0.1) is 11.8 Å². The largest absolute Gasteiger partial charge is 0.444 e. The molecule has 0 aliphatic heterocycles. The summed E-state index contributed by atoms with van der Waals surface area (Å²) in [6, 6.07) is 7.66. The maximum Gasteiger partial charge on any atom is 0.407 e. The molecule has 1 aliphatic rings. The van der Waals surface area contributed by atoms with Gasteiger partial charge >= 0.3 is 6.09 Å². The Hall–Kier alpha value is -1.75. The molecule has 2 amide bonds. The molecule has 1 fully saturated rings. The fraction of sp³-hybridized carbons (Fsp3) is 0.619. The number of hydrogen-bond donors (Lipinski definition) is 2. The Balaban J connectivity index is 1.96. The molecular weight excluding hydrogens is 364 g/mol. The molecule has 2 N–H and O–H groups in total. The minimum Gasteiger partial charge on any atom is -0.444 e. The quantitative estimate of drug-likeness (QED) is 0.746. The molecule has 0 saturated heterocycles. The van der Waals surface area contributed by atoms with Crippen molar-refractivity contribution in [2.75, 3.05) is 6.54 Å². The molecule has 1 aliphatic carbocycles. The van der Waals surface area contributed by atoms with E-state index in [2.05, 4.69) is 10.6 Å². The lowest BCUT2D eigenvalue weighted by atomic mass is 9.88. The normalized spacial score (nSPS) is 21.3. The highest BCUT2D eigenvalue weighted by Gasteiger charge is 2.46. The summed E-state index contributed by atoms with van der Waals surface area (Å²) in [5.74, 6) is 0.217. The minimum atomic E-state index is -0.568. The highest BCUT2D eigenvalue weighted by atomic mass is 35.5. The Labute approximate surface area is 167 Å². The van der Waals surface area contributed by atoms with E-state index >= 15 is 0 Å². The molecule has 27 heavy (non-hydrogen) atoms. The van der Waals surface area contributed by atoms with E-state index in [1.54, 1.807) is 0 Å². The summed E-state index contributed by atoms with van der Waals surface area (Å²) >= 11 is 6.26. The highest BCUT2D eigenvalue weighted by molar-refractivity contribution is 6.31. The lowest BCUT2D eigenvalue weighted by Gasteiger charge is -2.35. The van der Waals surface area contributed by atoms with Crippen molar-refractivity contribution in [3.63, 3.8) is 0 Å². The van der Waals surface area contributed by atoms with Gasteiger partial charge in [-0.2, -0.15) is 0 Å². The van der Waals surface area contributed by atoms with Crippen LogP contribution in [0.1, 0.15) is 59.4 Å². The van der Waals surface area contributed by atoms with E-state index in [1.807, 2.05) is 65.8 Å². The van der Waals surface area contributed by atoms with Crippen LogP contribution in [-0.2, 0) is 9.53 Å². The van der Waals surface area contributed by atoms with Gasteiger partial charge in [0.2, 0.25) is 5.91 Å². The predicted molar refractivity (Wildman–Crippen MR) is 108 cm³/mol. The van der Waals surface area contributed by atoms with Crippen LogP contribution in [-0.4, -0.2) is 29.7 Å². The Morgan fingerprint density at radius 1 is 1.22 bits per heavy atom. The van der Waals surface area contributed by atoms with Crippen molar-refractivity contribution in [1.82, 2.24) is 10.6 Å². The molecule has 3 atom stereocenters. The van der Waals surface area contributed by atoms with Crippen molar-refractivity contribution < 1.29 is 14.3 Å². The number of hydrogen-bond acceptors (Lipinski definition) is 3. The topological polar surface area (TPSA) is 67.4 Å². The van der Waals surface area contributed by atoms with Gasteiger partial charge in [0.05, 0.1) is 5.54 Å². The molecule has 1 aromatic carbocycles. The monoisotopic (exact) mass is 394 g/mol. The number of amides is 2. The van der Waals surface area contributed by atoms with Gasteiger partial charge in [-0.1, -0.05) is 43.6 Å². The number of carbonyl (C=O) groups excluding carboxylic acids is 2. The van der Waals surface area contributed by atoms with Crippen molar-refractivity contribution in [1.29, 1.82) is 0 Å². The fourth-order valence-electron chi connectivity index (χ4n) is 2.94. The lowest BCUT2D eigenvalue weighted by Crippen LogP contribution is -2.57. The summed E-state index contributed by atoms with van der Waals surface area (Å²) in [6.45, 7) is 11.7. The summed E-state index contributed by atoms with van der Waals surface area (Å²) in [5.41, 5.74) is -0.100. The summed E-state index contributed by atoms with van der Waals surface area (Å²) < 4.78 is 5.29. The molecule has 150 valence electrons. The summed E-state index contributed by atoms with van der Waals surface area (Å²) in [4.78, 5) is 24.8. The van der Waals surface area contributed by atoms with Crippen molar-refractivity contribution in [3.8, 4) is 0 Å². The Morgan fingerprint density at radius 3 is 2.41 bits per heavy atom. The molecular formula is C21H31ClN2O3. The maximum atomic E-state index is 12.8. The highest BCUT2D eigenvalue weighted by Crippen LogP contribution is 2.49. The number of ether oxygens (including phenoxy) is 1. The van der Waals surface area contributed by atoms with Gasteiger partial charge < -0.3 is 15.4 Å². The number of benzene rings is 1. The van der Waals surface area contributed by atoms with Crippen LogP contribution in [0.2, 0.25) is 5.02 Å². The van der Waals surface area contributed by atoms with E-state index in [9.17, 15) is 9.59 Å². The zero-order valence-electron chi connectivity index (χ0n) is 17.1. The molecule has 6 heteroatoms. The van der Waals surface area contributed by atoms with E-state index < -0.39 is 17.2 Å². The average molecular weight is 395 g/mol. The van der Waals surface area contributed by atoms with E-state index in [0.717, 1.165) is 12.0 Å². The van der Waals surface area contributed by atoms with Crippen LogP contribution in [0.25, 0.3) is 0 Å². The van der Waals surface area contributed by atoms with Crippen LogP contribution >= 0.6 is 11.6 Å². The van der Waals surface area contributed by atoms with Crippen molar-refractivity contribution in [3.05, 3.63) is 34.9 Å². The zero-order chi connectivity index (χ0) is 20.4. The summed E-state index contributed by atoms with van der Waals surface area (Å²) in [7, 11) is 0. The Bertz CT molecular complexity index is 699. The van der Waals surface area contributed by atoms with Gasteiger partial charge in [-0.3, -0.25) is 4.79 Å². The number of alkyl carbamates (subject to hydrolysis) is 1. The minimum absolute atomic E-state index is 0.00195. The number of halogens is 1. The van der Waals surface area contributed by atoms with Crippen molar-refractivity contribution >= 4 is 23.6 Å². The fourth-order valence-corrected chi connectivity index (χ4v) is 3.22. The number of carbonyl (C=O) groups is 2. The van der Waals surface area contributed by atoms with Crippen molar-refractivity contribution in [2.24, 2.45) is 11.8 Å². The Morgan fingerprint density at radius 2 is 1.85 bits per heavy atom. The zero-order valence-corrected chi connectivity index (χ0v) is 17.8. The Kier molecular flexibility index (Phi) is 6.46. The molecule has 2 rings (SSSR count). The second-order valence-electron chi connectivity index (χ2n) is 8.89. The molecule has 5 nitrogen and oxygen atoms in total.